The lowest BCUT2D eigenvalue weighted by atomic mass is 10.3. The maximum absolute atomic E-state index is 9.43. The van der Waals surface area contributed by atoms with Crippen LogP contribution in [-0.2, 0) is 0 Å². The van der Waals surface area contributed by atoms with Crippen molar-refractivity contribution in [1.29, 1.82) is 0 Å². The lowest BCUT2D eigenvalue weighted by Gasteiger charge is -2.08. The van der Waals surface area contributed by atoms with Crippen molar-refractivity contribution < 1.29 is 9.84 Å². The van der Waals surface area contributed by atoms with Gasteiger partial charge in [-0.2, -0.15) is 0 Å². The molecule has 4 nitrogen and oxygen atoms in total. The summed E-state index contributed by atoms with van der Waals surface area (Å²) in [7, 11) is 1.84. The van der Waals surface area contributed by atoms with Crippen LogP contribution in [-0.4, -0.2) is 25.3 Å². The molecule has 13 heavy (non-hydrogen) atoms. The van der Waals surface area contributed by atoms with Crippen molar-refractivity contribution in [3.63, 3.8) is 0 Å². The molecule has 1 rings (SSSR count). The van der Waals surface area contributed by atoms with Gasteiger partial charge in [-0.1, -0.05) is 6.07 Å². The SMILES string of the molecule is CNCCOc1cccc(N)c1O. The lowest BCUT2D eigenvalue weighted by molar-refractivity contribution is 0.301. The summed E-state index contributed by atoms with van der Waals surface area (Å²) in [6.07, 6.45) is 0. The van der Waals surface area contributed by atoms with E-state index in [2.05, 4.69) is 5.32 Å². The number of aromatic hydroxyl groups is 1. The molecule has 4 heteroatoms. The van der Waals surface area contributed by atoms with Gasteiger partial charge in [0.15, 0.2) is 11.5 Å². The van der Waals surface area contributed by atoms with Crippen molar-refractivity contribution >= 4 is 5.69 Å². The molecule has 0 saturated heterocycles. The number of nitrogen functional groups attached to an aromatic ring is 1. The Morgan fingerprint density at radius 1 is 1.54 bits per heavy atom. The van der Waals surface area contributed by atoms with Crippen LogP contribution in [0.5, 0.6) is 11.5 Å². The van der Waals surface area contributed by atoms with E-state index < -0.39 is 0 Å². The van der Waals surface area contributed by atoms with Crippen molar-refractivity contribution in [1.82, 2.24) is 5.32 Å². The highest BCUT2D eigenvalue weighted by atomic mass is 16.5. The fraction of sp³-hybridized carbons (Fsp3) is 0.333. The van der Waals surface area contributed by atoms with Gasteiger partial charge in [-0.15, -0.1) is 0 Å². The Morgan fingerprint density at radius 3 is 3.00 bits per heavy atom. The van der Waals surface area contributed by atoms with E-state index in [1.807, 2.05) is 7.05 Å². The van der Waals surface area contributed by atoms with Gasteiger partial charge in [-0.25, -0.2) is 0 Å². The summed E-state index contributed by atoms with van der Waals surface area (Å²) in [5.74, 6) is 0.439. The molecule has 1 aromatic carbocycles. The predicted octanol–water partition coefficient (Wildman–Crippen LogP) is 0.573. The van der Waals surface area contributed by atoms with Crippen LogP contribution >= 0.6 is 0 Å². The van der Waals surface area contributed by atoms with E-state index in [9.17, 15) is 5.11 Å². The Labute approximate surface area is 77.3 Å². The number of likely N-dealkylation sites (N-methyl/N-ethyl adjacent to an activating group) is 1. The van der Waals surface area contributed by atoms with Gasteiger partial charge in [0.05, 0.1) is 5.69 Å². The standard InChI is InChI=1S/C9H14N2O2/c1-11-5-6-13-8-4-2-3-7(10)9(8)12/h2-4,11-12H,5-6,10H2,1H3. The van der Waals surface area contributed by atoms with E-state index in [0.717, 1.165) is 6.54 Å². The molecule has 0 saturated carbocycles. The van der Waals surface area contributed by atoms with Crippen molar-refractivity contribution in [2.75, 3.05) is 25.9 Å². The first-order chi connectivity index (χ1) is 6.25. The van der Waals surface area contributed by atoms with Gasteiger partial charge >= 0.3 is 0 Å². The maximum Gasteiger partial charge on any atom is 0.181 e. The van der Waals surface area contributed by atoms with Crippen LogP contribution in [0.2, 0.25) is 0 Å². The third kappa shape index (κ3) is 2.52. The van der Waals surface area contributed by atoms with Crippen molar-refractivity contribution in [3.05, 3.63) is 18.2 Å². The predicted molar refractivity (Wildman–Crippen MR) is 51.9 cm³/mol. The van der Waals surface area contributed by atoms with Gasteiger partial charge in [-0.05, 0) is 19.2 Å². The van der Waals surface area contributed by atoms with Crippen LogP contribution in [0.3, 0.4) is 0 Å². The molecule has 4 N–H and O–H groups in total. The third-order valence-corrected chi connectivity index (χ3v) is 1.64. The summed E-state index contributed by atoms with van der Waals surface area (Å²) in [4.78, 5) is 0. The summed E-state index contributed by atoms with van der Waals surface area (Å²) in [6, 6.07) is 5.05. The largest absolute Gasteiger partial charge is 0.503 e. The molecule has 0 unspecified atom stereocenters. The van der Waals surface area contributed by atoms with Crippen LogP contribution < -0.4 is 15.8 Å². The lowest BCUT2D eigenvalue weighted by Crippen LogP contribution is -2.16. The molecule has 0 spiro atoms. The zero-order chi connectivity index (χ0) is 9.68. The van der Waals surface area contributed by atoms with E-state index >= 15 is 0 Å². The zero-order valence-corrected chi connectivity index (χ0v) is 7.58. The second-order valence-corrected chi connectivity index (χ2v) is 2.65. The van der Waals surface area contributed by atoms with Gasteiger partial charge < -0.3 is 20.9 Å². The molecule has 0 radical (unpaired) electrons. The van der Waals surface area contributed by atoms with E-state index in [1.165, 1.54) is 0 Å². The van der Waals surface area contributed by atoms with Gasteiger partial charge in [0.2, 0.25) is 0 Å². The fourth-order valence-corrected chi connectivity index (χ4v) is 0.919. The van der Waals surface area contributed by atoms with Crippen molar-refractivity contribution in [3.8, 4) is 11.5 Å². The number of hydrogen-bond donors (Lipinski definition) is 3. The average Bonchev–Trinajstić information content (AvgIpc) is 2.13. The molecule has 0 aliphatic carbocycles. The number of nitrogens with one attached hydrogen (secondary N) is 1. The highest BCUT2D eigenvalue weighted by Crippen LogP contribution is 2.31. The quantitative estimate of drug-likeness (QED) is 0.362. The molecule has 0 fully saturated rings. The molecular formula is C9H14N2O2. The maximum atomic E-state index is 9.43. The molecule has 1 aromatic rings. The van der Waals surface area contributed by atoms with E-state index in [0.29, 0.717) is 18.0 Å². The van der Waals surface area contributed by atoms with E-state index in [1.54, 1.807) is 18.2 Å². The van der Waals surface area contributed by atoms with Crippen LogP contribution in [0, 0.1) is 0 Å². The minimum absolute atomic E-state index is 0.0126. The summed E-state index contributed by atoms with van der Waals surface area (Å²) < 4.78 is 5.27. The first kappa shape index (κ1) is 9.67. The smallest absolute Gasteiger partial charge is 0.181 e. The molecular weight excluding hydrogens is 168 g/mol. The van der Waals surface area contributed by atoms with Crippen LogP contribution in [0.25, 0.3) is 0 Å². The Morgan fingerprint density at radius 2 is 2.31 bits per heavy atom. The van der Waals surface area contributed by atoms with Gasteiger partial charge in [-0.3, -0.25) is 0 Å². The second kappa shape index (κ2) is 4.57. The molecule has 0 aliphatic rings. The number of benzene rings is 1. The minimum Gasteiger partial charge on any atom is -0.503 e. The summed E-state index contributed by atoms with van der Waals surface area (Å²) in [5.41, 5.74) is 5.81. The van der Waals surface area contributed by atoms with Crippen LogP contribution in [0.4, 0.5) is 5.69 Å². The average molecular weight is 182 g/mol. The Hall–Kier alpha value is -1.42. The van der Waals surface area contributed by atoms with Crippen LogP contribution in [0.15, 0.2) is 18.2 Å². The van der Waals surface area contributed by atoms with Gasteiger partial charge in [0.25, 0.3) is 0 Å². The van der Waals surface area contributed by atoms with E-state index in [4.69, 9.17) is 10.5 Å². The number of anilines is 1. The second-order valence-electron chi connectivity index (χ2n) is 2.65. The zero-order valence-electron chi connectivity index (χ0n) is 7.58. The Balaban J connectivity index is 2.61. The number of nitrogens with two attached hydrogens (primary N) is 1. The van der Waals surface area contributed by atoms with Crippen LogP contribution in [0.1, 0.15) is 0 Å². The number of hydrogen-bond acceptors (Lipinski definition) is 4. The number of phenols is 1. The fourth-order valence-electron chi connectivity index (χ4n) is 0.919. The molecule has 0 aliphatic heterocycles. The summed E-state index contributed by atoms with van der Waals surface area (Å²) in [6.45, 7) is 1.24. The highest BCUT2D eigenvalue weighted by molar-refractivity contribution is 5.58. The third-order valence-electron chi connectivity index (χ3n) is 1.64. The van der Waals surface area contributed by atoms with Crippen molar-refractivity contribution in [2.24, 2.45) is 0 Å². The van der Waals surface area contributed by atoms with Gasteiger partial charge in [0, 0.05) is 6.54 Å². The summed E-state index contributed by atoms with van der Waals surface area (Å²) >= 11 is 0. The number of para-hydroxylation sites is 1. The topological polar surface area (TPSA) is 67.5 Å². The Bertz CT molecular complexity index is 276. The normalized spacial score (nSPS) is 9.92. The molecule has 0 bridgehead atoms. The monoisotopic (exact) mass is 182 g/mol. The van der Waals surface area contributed by atoms with Crippen molar-refractivity contribution in [2.45, 2.75) is 0 Å². The number of phenolic OH excluding ortho intramolecular Hbond substituents is 1. The van der Waals surface area contributed by atoms with Gasteiger partial charge in [0.1, 0.15) is 6.61 Å². The molecule has 0 aromatic heterocycles. The molecule has 0 atom stereocenters. The molecule has 72 valence electrons. The number of ether oxygens (including phenoxy) is 1. The highest BCUT2D eigenvalue weighted by Gasteiger charge is 2.03. The molecule has 0 amide bonds. The number of rotatable bonds is 4. The molecule has 0 heterocycles. The first-order valence-corrected chi connectivity index (χ1v) is 4.10. The summed E-state index contributed by atoms with van der Waals surface area (Å²) in [5, 5.41) is 12.4. The first-order valence-electron chi connectivity index (χ1n) is 4.10. The van der Waals surface area contributed by atoms with E-state index in [-0.39, 0.29) is 5.75 Å². The Kier molecular flexibility index (Phi) is 3.40. The minimum atomic E-state index is 0.0126.